The average molecular weight is 412 g/mol. The van der Waals surface area contributed by atoms with Gasteiger partial charge in [0.2, 0.25) is 0 Å². The van der Waals surface area contributed by atoms with Gasteiger partial charge in [-0.25, -0.2) is 8.78 Å². The third-order valence-electron chi connectivity index (χ3n) is 4.99. The lowest BCUT2D eigenvalue weighted by molar-refractivity contribution is -0.0284. The first-order valence-corrected chi connectivity index (χ1v) is 10.2. The fourth-order valence-corrected chi connectivity index (χ4v) is 3.58. The fraction of sp³-hybridized carbons (Fsp3) is 0.667. The molecule has 0 spiro atoms. The third-order valence-corrected chi connectivity index (χ3v) is 4.99. The van der Waals surface area contributed by atoms with Crippen molar-refractivity contribution in [2.75, 3.05) is 60.5 Å². The molecular weight excluding hydrogens is 376 g/mol. The van der Waals surface area contributed by atoms with Crippen LogP contribution < -0.4 is 10.6 Å². The molecule has 1 fully saturated rings. The number of halogens is 2. The molecular formula is C21H35F2N5O. The van der Waals surface area contributed by atoms with Gasteiger partial charge in [0.1, 0.15) is 11.6 Å². The van der Waals surface area contributed by atoms with Gasteiger partial charge in [0.25, 0.3) is 0 Å². The summed E-state index contributed by atoms with van der Waals surface area (Å²) in [6, 6.07) is 3.47. The van der Waals surface area contributed by atoms with E-state index in [1.807, 2.05) is 0 Å². The van der Waals surface area contributed by atoms with Gasteiger partial charge in [-0.15, -0.1) is 0 Å². The molecule has 2 N–H and O–H groups in total. The van der Waals surface area contributed by atoms with Crippen LogP contribution in [-0.2, 0) is 4.74 Å². The largest absolute Gasteiger partial charge is 0.374 e. The molecule has 0 amide bonds. The SMILES string of the molecule is CN=C(NCC1CN(CC(C)C)CCO1)NCC(c1c(F)cccc1F)N(C)C. The second kappa shape index (κ2) is 11.4. The first kappa shape index (κ1) is 23.5. The van der Waals surface area contributed by atoms with Crippen LogP contribution in [0.3, 0.4) is 0 Å². The molecule has 1 aromatic carbocycles. The maximum atomic E-state index is 14.2. The molecule has 1 aliphatic heterocycles. The predicted molar refractivity (Wildman–Crippen MR) is 113 cm³/mol. The van der Waals surface area contributed by atoms with Crippen molar-refractivity contribution in [2.45, 2.75) is 26.0 Å². The number of nitrogens with zero attached hydrogens (tertiary/aromatic N) is 3. The van der Waals surface area contributed by atoms with E-state index in [2.05, 4.69) is 34.4 Å². The summed E-state index contributed by atoms with van der Waals surface area (Å²) in [5.41, 5.74) is 0.0559. The molecule has 0 radical (unpaired) electrons. The number of ether oxygens (including phenoxy) is 1. The molecule has 0 aromatic heterocycles. The third kappa shape index (κ3) is 7.21. The highest BCUT2D eigenvalue weighted by atomic mass is 19.1. The van der Waals surface area contributed by atoms with Crippen molar-refractivity contribution in [3.8, 4) is 0 Å². The highest BCUT2D eigenvalue weighted by Gasteiger charge is 2.23. The van der Waals surface area contributed by atoms with Gasteiger partial charge in [-0.1, -0.05) is 19.9 Å². The summed E-state index contributed by atoms with van der Waals surface area (Å²) in [5.74, 6) is 0.111. The summed E-state index contributed by atoms with van der Waals surface area (Å²) in [6.07, 6.45) is 0.0784. The van der Waals surface area contributed by atoms with Crippen molar-refractivity contribution >= 4 is 5.96 Å². The van der Waals surface area contributed by atoms with E-state index in [9.17, 15) is 8.78 Å². The normalized spacial score (nSPS) is 19.6. The van der Waals surface area contributed by atoms with Gasteiger partial charge in [0.15, 0.2) is 5.96 Å². The Kier molecular flexibility index (Phi) is 9.26. The topological polar surface area (TPSA) is 52.1 Å². The fourth-order valence-electron chi connectivity index (χ4n) is 3.58. The van der Waals surface area contributed by atoms with E-state index < -0.39 is 17.7 Å². The van der Waals surface area contributed by atoms with Crippen LogP contribution in [0.25, 0.3) is 0 Å². The number of guanidine groups is 1. The van der Waals surface area contributed by atoms with Crippen LogP contribution in [0.2, 0.25) is 0 Å². The van der Waals surface area contributed by atoms with Gasteiger partial charge in [-0.05, 0) is 32.1 Å². The van der Waals surface area contributed by atoms with E-state index >= 15 is 0 Å². The maximum Gasteiger partial charge on any atom is 0.191 e. The molecule has 2 rings (SSSR count). The monoisotopic (exact) mass is 411 g/mol. The van der Waals surface area contributed by atoms with Crippen LogP contribution in [0.15, 0.2) is 23.2 Å². The van der Waals surface area contributed by atoms with E-state index in [4.69, 9.17) is 4.74 Å². The molecule has 6 nitrogen and oxygen atoms in total. The minimum Gasteiger partial charge on any atom is -0.374 e. The Morgan fingerprint density at radius 1 is 1.28 bits per heavy atom. The summed E-state index contributed by atoms with van der Waals surface area (Å²) >= 11 is 0. The number of benzene rings is 1. The van der Waals surface area contributed by atoms with Crippen LogP contribution in [0.4, 0.5) is 8.78 Å². The van der Waals surface area contributed by atoms with Gasteiger partial charge >= 0.3 is 0 Å². The first-order chi connectivity index (χ1) is 13.8. The number of nitrogens with one attached hydrogen (secondary N) is 2. The molecule has 1 heterocycles. The van der Waals surface area contributed by atoms with Crippen molar-refractivity contribution in [1.29, 1.82) is 0 Å². The van der Waals surface area contributed by atoms with Crippen LogP contribution >= 0.6 is 0 Å². The highest BCUT2D eigenvalue weighted by molar-refractivity contribution is 5.79. The number of likely N-dealkylation sites (N-methyl/N-ethyl adjacent to an activating group) is 1. The molecule has 0 saturated carbocycles. The molecule has 29 heavy (non-hydrogen) atoms. The Morgan fingerprint density at radius 3 is 2.55 bits per heavy atom. The van der Waals surface area contributed by atoms with E-state index in [-0.39, 0.29) is 11.7 Å². The Morgan fingerprint density at radius 2 is 1.97 bits per heavy atom. The summed E-state index contributed by atoms with van der Waals surface area (Å²) < 4.78 is 34.3. The zero-order valence-corrected chi connectivity index (χ0v) is 18.2. The predicted octanol–water partition coefficient (Wildman–Crippen LogP) is 2.09. The lowest BCUT2D eigenvalue weighted by atomic mass is 10.0. The molecule has 1 saturated heterocycles. The standard InChI is InChI=1S/C21H35F2N5O/c1-15(2)13-28-9-10-29-16(14-28)11-25-21(24-3)26-12-19(27(4)5)20-17(22)7-6-8-18(20)23/h6-8,15-16,19H,9-14H2,1-5H3,(H2,24,25,26). The van der Waals surface area contributed by atoms with Crippen molar-refractivity contribution in [3.63, 3.8) is 0 Å². The van der Waals surface area contributed by atoms with Crippen molar-refractivity contribution in [2.24, 2.45) is 10.9 Å². The Balaban J connectivity index is 1.90. The summed E-state index contributed by atoms with van der Waals surface area (Å²) in [6.45, 7) is 8.99. The zero-order chi connectivity index (χ0) is 21.4. The second-order valence-electron chi connectivity index (χ2n) is 8.09. The van der Waals surface area contributed by atoms with E-state index in [1.165, 1.54) is 18.2 Å². The smallest absolute Gasteiger partial charge is 0.191 e. The van der Waals surface area contributed by atoms with Crippen molar-refractivity contribution in [3.05, 3.63) is 35.4 Å². The summed E-state index contributed by atoms with van der Waals surface area (Å²) in [5, 5.41) is 6.45. The Bertz CT molecular complexity index is 648. The minimum atomic E-state index is -0.547. The van der Waals surface area contributed by atoms with Gasteiger partial charge in [0.05, 0.1) is 18.8 Å². The number of rotatable bonds is 8. The zero-order valence-electron chi connectivity index (χ0n) is 18.2. The second-order valence-corrected chi connectivity index (χ2v) is 8.09. The van der Waals surface area contributed by atoms with Crippen LogP contribution in [-0.4, -0.2) is 82.3 Å². The van der Waals surface area contributed by atoms with Crippen molar-refractivity contribution in [1.82, 2.24) is 20.4 Å². The van der Waals surface area contributed by atoms with Gasteiger partial charge in [0, 0.05) is 45.3 Å². The molecule has 2 atom stereocenters. The average Bonchev–Trinajstić information content (AvgIpc) is 2.65. The highest BCUT2D eigenvalue weighted by Crippen LogP contribution is 2.23. The van der Waals surface area contributed by atoms with E-state index in [0.717, 1.165) is 26.2 Å². The molecule has 1 aromatic rings. The minimum absolute atomic E-state index is 0.0559. The number of aliphatic imine (C=N–C) groups is 1. The number of morpholine rings is 1. The van der Waals surface area contributed by atoms with Crippen LogP contribution in [0.1, 0.15) is 25.5 Å². The summed E-state index contributed by atoms with van der Waals surface area (Å²) in [7, 11) is 5.28. The molecule has 0 aliphatic carbocycles. The van der Waals surface area contributed by atoms with Gasteiger partial charge in [-0.3, -0.25) is 9.89 Å². The van der Waals surface area contributed by atoms with Crippen molar-refractivity contribution < 1.29 is 13.5 Å². The molecule has 8 heteroatoms. The van der Waals surface area contributed by atoms with E-state index in [1.54, 1.807) is 26.0 Å². The first-order valence-electron chi connectivity index (χ1n) is 10.2. The Hall–Kier alpha value is -1.77. The number of hydrogen-bond acceptors (Lipinski definition) is 4. The molecule has 0 bridgehead atoms. The maximum absolute atomic E-state index is 14.2. The lowest BCUT2D eigenvalue weighted by Gasteiger charge is -2.34. The van der Waals surface area contributed by atoms with Crippen LogP contribution in [0, 0.1) is 17.6 Å². The molecule has 164 valence electrons. The molecule has 1 aliphatic rings. The molecule has 2 unspecified atom stereocenters. The van der Waals surface area contributed by atoms with Crippen LogP contribution in [0.5, 0.6) is 0 Å². The quantitative estimate of drug-likeness (QED) is 0.507. The lowest BCUT2D eigenvalue weighted by Crippen LogP contribution is -2.50. The number of hydrogen-bond donors (Lipinski definition) is 2. The van der Waals surface area contributed by atoms with Gasteiger partial charge in [-0.2, -0.15) is 0 Å². The van der Waals surface area contributed by atoms with E-state index in [0.29, 0.717) is 25.0 Å². The Labute approximate surface area is 173 Å². The summed E-state index contributed by atoms with van der Waals surface area (Å²) in [4.78, 5) is 8.43. The van der Waals surface area contributed by atoms with Gasteiger partial charge < -0.3 is 20.3 Å².